The Morgan fingerprint density at radius 2 is 1.89 bits per heavy atom. The summed E-state index contributed by atoms with van der Waals surface area (Å²) in [6.45, 7) is 9.79. The highest BCUT2D eigenvalue weighted by Gasteiger charge is 2.40. The molecule has 2 aromatic carbocycles. The second kappa shape index (κ2) is 10.4. The van der Waals surface area contributed by atoms with Gasteiger partial charge in [-0.1, -0.05) is 32.0 Å². The summed E-state index contributed by atoms with van der Waals surface area (Å²) in [6, 6.07) is 12.7. The van der Waals surface area contributed by atoms with Crippen LogP contribution in [0.4, 0.5) is 8.78 Å². The molecule has 2 N–H and O–H groups in total. The van der Waals surface area contributed by atoms with E-state index in [9.17, 15) is 13.6 Å². The second-order valence-electron chi connectivity index (χ2n) is 9.64. The van der Waals surface area contributed by atoms with Gasteiger partial charge in [0.25, 0.3) is 5.91 Å². The normalized spacial score (nSPS) is 17.8. The fraction of sp³-hybridized carbons (Fsp3) is 0.429. The minimum absolute atomic E-state index is 0.0794. The number of benzene rings is 2. The maximum absolute atomic E-state index is 14.0. The van der Waals surface area contributed by atoms with E-state index in [2.05, 4.69) is 23.7 Å². The summed E-state index contributed by atoms with van der Waals surface area (Å²) in [5.74, 6) is -1.97. The molecule has 0 bridgehead atoms. The minimum atomic E-state index is -0.947. The SMILES string of the molecule is CCN(CC)CCC(C)(N)[C@@H]1CCCN1C(=O)c1cc(-c2ccc(F)c(F)c2)nc2ccccc12. The summed E-state index contributed by atoms with van der Waals surface area (Å²) in [4.78, 5) is 22.8. The molecule has 1 amide bonds. The van der Waals surface area contributed by atoms with E-state index >= 15 is 0 Å². The van der Waals surface area contributed by atoms with Crippen molar-refractivity contribution in [2.75, 3.05) is 26.2 Å². The number of fused-ring (bicyclic) bond motifs is 1. The van der Waals surface area contributed by atoms with E-state index in [-0.39, 0.29) is 11.9 Å². The number of hydrogen-bond donors (Lipinski definition) is 1. The Hall–Kier alpha value is -2.90. The molecule has 4 rings (SSSR count). The Balaban J connectivity index is 1.70. The first-order valence-corrected chi connectivity index (χ1v) is 12.4. The highest BCUT2D eigenvalue weighted by Crippen LogP contribution is 2.32. The summed E-state index contributed by atoms with van der Waals surface area (Å²) in [5.41, 5.74) is 8.30. The van der Waals surface area contributed by atoms with Gasteiger partial charge in [0.2, 0.25) is 0 Å². The molecule has 5 nitrogen and oxygen atoms in total. The largest absolute Gasteiger partial charge is 0.334 e. The number of para-hydroxylation sites is 1. The Morgan fingerprint density at radius 1 is 1.14 bits per heavy atom. The molecule has 2 atom stereocenters. The predicted molar refractivity (Wildman–Crippen MR) is 136 cm³/mol. The molecule has 186 valence electrons. The monoisotopic (exact) mass is 480 g/mol. The Labute approximate surface area is 205 Å². The van der Waals surface area contributed by atoms with Gasteiger partial charge in [0.15, 0.2) is 11.6 Å². The summed E-state index contributed by atoms with van der Waals surface area (Å²) >= 11 is 0. The zero-order chi connectivity index (χ0) is 25.2. The molecule has 7 heteroatoms. The fourth-order valence-corrected chi connectivity index (χ4v) is 5.11. The molecule has 1 aromatic heterocycles. The average Bonchev–Trinajstić information content (AvgIpc) is 3.36. The third kappa shape index (κ3) is 5.21. The molecule has 0 radical (unpaired) electrons. The van der Waals surface area contributed by atoms with Crippen molar-refractivity contribution in [2.45, 2.75) is 51.6 Å². The number of hydrogen-bond acceptors (Lipinski definition) is 4. The second-order valence-corrected chi connectivity index (χ2v) is 9.64. The van der Waals surface area contributed by atoms with Crippen molar-refractivity contribution >= 4 is 16.8 Å². The first-order valence-electron chi connectivity index (χ1n) is 12.4. The van der Waals surface area contributed by atoms with Crippen molar-refractivity contribution in [1.82, 2.24) is 14.8 Å². The molecular weight excluding hydrogens is 446 g/mol. The summed E-state index contributed by atoms with van der Waals surface area (Å²) in [6.07, 6.45) is 2.55. The van der Waals surface area contributed by atoms with Crippen molar-refractivity contribution in [2.24, 2.45) is 5.73 Å². The third-order valence-electron chi connectivity index (χ3n) is 7.30. The Morgan fingerprint density at radius 3 is 2.60 bits per heavy atom. The van der Waals surface area contributed by atoms with Crippen LogP contribution in [0, 0.1) is 11.6 Å². The average molecular weight is 481 g/mol. The number of carbonyl (C=O) groups is 1. The van der Waals surface area contributed by atoms with Crippen molar-refractivity contribution in [3.05, 3.63) is 65.7 Å². The number of nitrogens with two attached hydrogens (primary N) is 1. The van der Waals surface area contributed by atoms with E-state index in [0.717, 1.165) is 56.4 Å². The van der Waals surface area contributed by atoms with E-state index in [1.807, 2.05) is 36.1 Å². The standard InChI is InChI=1S/C28H34F2N4O/c1-4-33(5-2)16-14-28(3,31)26-11-8-15-34(26)27(35)21-18-25(19-12-13-22(29)23(30)17-19)32-24-10-7-6-9-20(21)24/h6-7,9-10,12-13,17-18,26H,4-5,8,11,14-16,31H2,1-3H3/t26-,28?/m0/s1. The smallest absolute Gasteiger partial charge is 0.254 e. The van der Waals surface area contributed by atoms with Crippen LogP contribution in [0.5, 0.6) is 0 Å². The quantitative estimate of drug-likeness (QED) is 0.479. The van der Waals surface area contributed by atoms with Gasteiger partial charge in [-0.3, -0.25) is 4.79 Å². The molecule has 2 heterocycles. The van der Waals surface area contributed by atoms with Gasteiger partial charge >= 0.3 is 0 Å². The number of carbonyl (C=O) groups excluding carboxylic acids is 1. The lowest BCUT2D eigenvalue weighted by Crippen LogP contribution is -2.56. The van der Waals surface area contributed by atoms with Crippen molar-refractivity contribution in [1.29, 1.82) is 0 Å². The van der Waals surface area contributed by atoms with Gasteiger partial charge in [-0.05, 0) is 76.2 Å². The van der Waals surface area contributed by atoms with Crippen molar-refractivity contribution in [3.8, 4) is 11.3 Å². The number of halogens is 2. The number of rotatable bonds is 8. The molecule has 1 aliphatic rings. The first-order chi connectivity index (χ1) is 16.7. The van der Waals surface area contributed by atoms with E-state index < -0.39 is 17.2 Å². The van der Waals surface area contributed by atoms with Crippen LogP contribution in [0.2, 0.25) is 0 Å². The van der Waals surface area contributed by atoms with Crippen LogP contribution >= 0.6 is 0 Å². The third-order valence-corrected chi connectivity index (χ3v) is 7.30. The van der Waals surface area contributed by atoms with E-state index in [4.69, 9.17) is 5.73 Å². The molecule has 1 aliphatic heterocycles. The predicted octanol–water partition coefficient (Wildman–Crippen LogP) is 5.23. The van der Waals surface area contributed by atoms with Crippen LogP contribution in [0.25, 0.3) is 22.2 Å². The van der Waals surface area contributed by atoms with Gasteiger partial charge in [-0.25, -0.2) is 13.8 Å². The molecule has 35 heavy (non-hydrogen) atoms. The van der Waals surface area contributed by atoms with E-state index in [1.54, 1.807) is 6.07 Å². The number of amides is 1. The molecule has 0 saturated carbocycles. The van der Waals surface area contributed by atoms with Crippen LogP contribution in [0.1, 0.15) is 50.4 Å². The van der Waals surface area contributed by atoms with Crippen molar-refractivity contribution < 1.29 is 13.6 Å². The molecule has 1 unspecified atom stereocenters. The highest BCUT2D eigenvalue weighted by molar-refractivity contribution is 6.07. The fourth-order valence-electron chi connectivity index (χ4n) is 5.11. The zero-order valence-electron chi connectivity index (χ0n) is 20.7. The number of pyridine rings is 1. The molecular formula is C28H34F2N4O. The lowest BCUT2D eigenvalue weighted by molar-refractivity contribution is 0.0657. The van der Waals surface area contributed by atoms with Gasteiger partial charge in [0.05, 0.1) is 16.8 Å². The summed E-state index contributed by atoms with van der Waals surface area (Å²) in [5, 5.41) is 0.733. The van der Waals surface area contributed by atoms with Gasteiger partial charge in [-0.15, -0.1) is 0 Å². The number of nitrogens with zero attached hydrogens (tertiary/aromatic N) is 3. The molecule has 1 fully saturated rings. The van der Waals surface area contributed by atoms with Gasteiger partial charge < -0.3 is 15.5 Å². The van der Waals surface area contributed by atoms with Crippen LogP contribution < -0.4 is 5.73 Å². The molecule has 0 aliphatic carbocycles. The van der Waals surface area contributed by atoms with Crippen LogP contribution in [-0.2, 0) is 0 Å². The van der Waals surface area contributed by atoms with Crippen LogP contribution in [0.15, 0.2) is 48.5 Å². The van der Waals surface area contributed by atoms with E-state index in [1.165, 1.54) is 6.07 Å². The lowest BCUT2D eigenvalue weighted by atomic mass is 9.87. The van der Waals surface area contributed by atoms with Gasteiger partial charge in [0, 0.05) is 29.1 Å². The minimum Gasteiger partial charge on any atom is -0.334 e. The summed E-state index contributed by atoms with van der Waals surface area (Å²) < 4.78 is 27.5. The first kappa shape index (κ1) is 25.2. The van der Waals surface area contributed by atoms with Crippen LogP contribution in [0.3, 0.4) is 0 Å². The van der Waals surface area contributed by atoms with Gasteiger partial charge in [0.1, 0.15) is 0 Å². The molecule has 0 spiro atoms. The van der Waals surface area contributed by atoms with Crippen molar-refractivity contribution in [3.63, 3.8) is 0 Å². The number of likely N-dealkylation sites (tertiary alicyclic amines) is 1. The Kier molecular flexibility index (Phi) is 7.47. The van der Waals surface area contributed by atoms with Crippen LogP contribution in [-0.4, -0.2) is 58.5 Å². The maximum atomic E-state index is 14.0. The molecule has 3 aromatic rings. The lowest BCUT2D eigenvalue weighted by Gasteiger charge is -2.39. The molecule has 1 saturated heterocycles. The number of aromatic nitrogens is 1. The highest BCUT2D eigenvalue weighted by atomic mass is 19.2. The zero-order valence-corrected chi connectivity index (χ0v) is 20.7. The summed E-state index contributed by atoms with van der Waals surface area (Å²) in [7, 11) is 0. The van der Waals surface area contributed by atoms with E-state index in [0.29, 0.717) is 28.9 Å². The Bertz CT molecular complexity index is 1210. The maximum Gasteiger partial charge on any atom is 0.254 e. The van der Waals surface area contributed by atoms with Gasteiger partial charge in [-0.2, -0.15) is 0 Å². The topological polar surface area (TPSA) is 62.5 Å².